The minimum atomic E-state index is -0.312. The van der Waals surface area contributed by atoms with Gasteiger partial charge >= 0.3 is 5.97 Å². The van der Waals surface area contributed by atoms with E-state index in [1.807, 2.05) is 25.3 Å². The van der Waals surface area contributed by atoms with Crippen LogP contribution in [0.25, 0.3) is 10.8 Å². The fourth-order valence-corrected chi connectivity index (χ4v) is 3.23. The van der Waals surface area contributed by atoms with Crippen LogP contribution in [0.4, 0.5) is 0 Å². The summed E-state index contributed by atoms with van der Waals surface area (Å²) in [5, 5.41) is 10.1. The Morgan fingerprint density at radius 3 is 2.90 bits per heavy atom. The second kappa shape index (κ2) is 6.90. The number of ether oxygens (including phenoxy) is 1. The lowest BCUT2D eigenvalue weighted by Crippen LogP contribution is -2.19. The molecular formula is C13H16N2O3S2. The number of carbonyl (C=O) groups is 1. The van der Waals surface area contributed by atoms with Gasteiger partial charge in [-0.15, -0.1) is 21.5 Å². The fourth-order valence-electron chi connectivity index (χ4n) is 1.60. The molecule has 7 heteroatoms. The summed E-state index contributed by atoms with van der Waals surface area (Å²) in [4.78, 5) is 12.7. The van der Waals surface area contributed by atoms with E-state index in [4.69, 9.17) is 9.15 Å². The maximum atomic E-state index is 11.7. The van der Waals surface area contributed by atoms with Crippen LogP contribution in [-0.2, 0) is 9.53 Å². The zero-order valence-electron chi connectivity index (χ0n) is 11.6. The summed E-state index contributed by atoms with van der Waals surface area (Å²) in [6.45, 7) is 6.09. The molecule has 1 atom stereocenters. The Labute approximate surface area is 125 Å². The van der Waals surface area contributed by atoms with Gasteiger partial charge in [0.15, 0.2) is 0 Å². The standard InChI is InChI=1S/C13H16N2O3S2/c1-4-9(12(16)17-5-2)20-13-15-14-11(18-13)10-8(3)6-7-19-10/h6-7,9H,4-5H2,1-3H3. The van der Waals surface area contributed by atoms with Gasteiger partial charge in [0.2, 0.25) is 0 Å². The zero-order chi connectivity index (χ0) is 14.5. The lowest BCUT2D eigenvalue weighted by Gasteiger charge is -2.09. The van der Waals surface area contributed by atoms with E-state index in [0.717, 1.165) is 10.4 Å². The van der Waals surface area contributed by atoms with Crippen molar-refractivity contribution >= 4 is 29.1 Å². The van der Waals surface area contributed by atoms with E-state index in [0.29, 0.717) is 24.1 Å². The maximum Gasteiger partial charge on any atom is 0.319 e. The van der Waals surface area contributed by atoms with E-state index in [2.05, 4.69) is 10.2 Å². The van der Waals surface area contributed by atoms with Crippen molar-refractivity contribution in [2.75, 3.05) is 6.61 Å². The first-order valence-electron chi connectivity index (χ1n) is 6.37. The first kappa shape index (κ1) is 15.1. The number of rotatable bonds is 6. The van der Waals surface area contributed by atoms with E-state index >= 15 is 0 Å². The quantitative estimate of drug-likeness (QED) is 0.600. The molecule has 0 aliphatic carbocycles. The number of hydrogen-bond donors (Lipinski definition) is 0. The van der Waals surface area contributed by atoms with Gasteiger partial charge in [-0.05, 0) is 37.3 Å². The summed E-state index contributed by atoms with van der Waals surface area (Å²) >= 11 is 2.81. The topological polar surface area (TPSA) is 65.2 Å². The Morgan fingerprint density at radius 1 is 1.50 bits per heavy atom. The molecule has 0 aliphatic heterocycles. The van der Waals surface area contributed by atoms with Crippen LogP contribution in [0.2, 0.25) is 0 Å². The Balaban J connectivity index is 2.09. The van der Waals surface area contributed by atoms with Gasteiger partial charge in [0, 0.05) is 0 Å². The third kappa shape index (κ3) is 3.40. The van der Waals surface area contributed by atoms with Crippen molar-refractivity contribution < 1.29 is 13.9 Å². The summed E-state index contributed by atoms with van der Waals surface area (Å²) in [6, 6.07) is 2.00. The maximum absolute atomic E-state index is 11.7. The zero-order valence-corrected chi connectivity index (χ0v) is 13.2. The van der Waals surface area contributed by atoms with Gasteiger partial charge in [0.25, 0.3) is 11.1 Å². The second-order valence-electron chi connectivity index (χ2n) is 4.07. The molecule has 0 spiro atoms. The van der Waals surface area contributed by atoms with Crippen molar-refractivity contribution in [1.29, 1.82) is 0 Å². The Hall–Kier alpha value is -1.34. The molecule has 2 heterocycles. The monoisotopic (exact) mass is 312 g/mol. The molecule has 2 aromatic rings. The number of carbonyl (C=O) groups excluding carboxylic acids is 1. The summed E-state index contributed by atoms with van der Waals surface area (Å²) in [7, 11) is 0. The van der Waals surface area contributed by atoms with Crippen molar-refractivity contribution in [3.05, 3.63) is 17.0 Å². The average Bonchev–Trinajstić information content (AvgIpc) is 3.04. The highest BCUT2D eigenvalue weighted by molar-refractivity contribution is 8.00. The highest BCUT2D eigenvalue weighted by Crippen LogP contribution is 2.32. The van der Waals surface area contributed by atoms with Crippen molar-refractivity contribution in [1.82, 2.24) is 10.2 Å². The number of aromatic nitrogens is 2. The minimum absolute atomic E-state index is 0.243. The molecular weight excluding hydrogens is 296 g/mol. The van der Waals surface area contributed by atoms with Crippen LogP contribution in [0.3, 0.4) is 0 Å². The van der Waals surface area contributed by atoms with Crippen molar-refractivity contribution in [3.8, 4) is 10.8 Å². The van der Waals surface area contributed by atoms with Crippen LogP contribution in [0.5, 0.6) is 0 Å². The van der Waals surface area contributed by atoms with Crippen molar-refractivity contribution in [3.63, 3.8) is 0 Å². The Kier molecular flexibility index (Phi) is 5.19. The number of hydrogen-bond acceptors (Lipinski definition) is 7. The van der Waals surface area contributed by atoms with Gasteiger partial charge < -0.3 is 9.15 Å². The van der Waals surface area contributed by atoms with Crippen LogP contribution < -0.4 is 0 Å². The highest BCUT2D eigenvalue weighted by atomic mass is 32.2. The van der Waals surface area contributed by atoms with E-state index < -0.39 is 0 Å². The van der Waals surface area contributed by atoms with Crippen LogP contribution in [0, 0.1) is 6.92 Å². The molecule has 0 radical (unpaired) electrons. The van der Waals surface area contributed by atoms with Gasteiger partial charge in [-0.3, -0.25) is 4.79 Å². The molecule has 0 amide bonds. The molecule has 0 saturated heterocycles. The van der Waals surface area contributed by atoms with E-state index in [-0.39, 0.29) is 11.2 Å². The molecule has 2 rings (SSSR count). The van der Waals surface area contributed by atoms with Gasteiger partial charge in [-0.1, -0.05) is 18.7 Å². The fraction of sp³-hybridized carbons (Fsp3) is 0.462. The summed E-state index contributed by atoms with van der Waals surface area (Å²) in [6.07, 6.45) is 0.652. The number of thioether (sulfide) groups is 1. The lowest BCUT2D eigenvalue weighted by atomic mass is 10.3. The highest BCUT2D eigenvalue weighted by Gasteiger charge is 2.23. The average molecular weight is 312 g/mol. The van der Waals surface area contributed by atoms with E-state index in [9.17, 15) is 4.79 Å². The molecule has 0 bridgehead atoms. The first-order valence-corrected chi connectivity index (χ1v) is 8.12. The normalized spacial score (nSPS) is 12.3. The SMILES string of the molecule is CCOC(=O)C(CC)Sc1nnc(-c2sccc2C)o1. The lowest BCUT2D eigenvalue weighted by molar-refractivity contribution is -0.142. The molecule has 20 heavy (non-hydrogen) atoms. The van der Waals surface area contributed by atoms with Crippen LogP contribution in [-0.4, -0.2) is 28.0 Å². The predicted molar refractivity (Wildman–Crippen MR) is 78.9 cm³/mol. The molecule has 2 aromatic heterocycles. The number of nitrogens with zero attached hydrogens (tertiary/aromatic N) is 2. The first-order chi connectivity index (χ1) is 9.65. The van der Waals surface area contributed by atoms with E-state index in [1.165, 1.54) is 11.8 Å². The largest absolute Gasteiger partial charge is 0.465 e. The molecule has 0 N–H and O–H groups in total. The third-order valence-electron chi connectivity index (χ3n) is 2.63. The smallest absolute Gasteiger partial charge is 0.319 e. The third-order valence-corrected chi connectivity index (χ3v) is 4.81. The molecule has 108 valence electrons. The summed E-state index contributed by atoms with van der Waals surface area (Å²) < 4.78 is 10.6. The number of thiophene rings is 1. The van der Waals surface area contributed by atoms with Crippen LogP contribution in [0.1, 0.15) is 25.8 Å². The minimum Gasteiger partial charge on any atom is -0.465 e. The van der Waals surface area contributed by atoms with Gasteiger partial charge in [-0.25, -0.2) is 0 Å². The summed E-state index contributed by atoms with van der Waals surface area (Å²) in [5.74, 6) is 0.255. The molecule has 0 saturated carbocycles. The Morgan fingerprint density at radius 2 is 2.30 bits per heavy atom. The van der Waals surface area contributed by atoms with Gasteiger partial charge in [0.1, 0.15) is 5.25 Å². The van der Waals surface area contributed by atoms with Crippen molar-refractivity contribution in [2.24, 2.45) is 0 Å². The Bertz CT molecular complexity index is 580. The number of aryl methyl sites for hydroxylation is 1. The van der Waals surface area contributed by atoms with E-state index in [1.54, 1.807) is 18.3 Å². The molecule has 0 aromatic carbocycles. The second-order valence-corrected chi connectivity index (χ2v) is 6.14. The molecule has 0 aliphatic rings. The molecule has 5 nitrogen and oxygen atoms in total. The van der Waals surface area contributed by atoms with Gasteiger partial charge in [0.05, 0.1) is 11.5 Å². The van der Waals surface area contributed by atoms with Gasteiger partial charge in [-0.2, -0.15) is 0 Å². The van der Waals surface area contributed by atoms with Crippen LogP contribution in [0.15, 0.2) is 21.1 Å². The summed E-state index contributed by atoms with van der Waals surface area (Å²) in [5.41, 5.74) is 1.10. The molecule has 1 unspecified atom stereocenters. The van der Waals surface area contributed by atoms with Crippen molar-refractivity contribution in [2.45, 2.75) is 37.7 Å². The molecule has 0 fully saturated rings. The van der Waals surface area contributed by atoms with Crippen LogP contribution >= 0.6 is 23.1 Å². The number of esters is 1. The predicted octanol–water partition coefficient (Wildman–Crippen LogP) is 3.54.